The molecule has 0 aromatic heterocycles. The summed E-state index contributed by atoms with van der Waals surface area (Å²) in [5, 5.41) is 0. The first kappa shape index (κ1) is 13.3. The molecule has 0 N–H and O–H groups in total. The Bertz CT molecular complexity index is 577. The fourth-order valence-corrected chi connectivity index (χ4v) is 12.8. The van der Waals surface area contributed by atoms with Crippen LogP contribution in [0.15, 0.2) is 88.4 Å². The number of allylic oxidation sites excluding steroid dienone is 16. The molecule has 4 aliphatic rings. The summed E-state index contributed by atoms with van der Waals surface area (Å²) in [6, 6.07) is 0. The Morgan fingerprint density at radius 2 is 0.762 bits per heavy atom. The van der Waals surface area contributed by atoms with Crippen LogP contribution in [0.4, 0.5) is 0 Å². The molecule has 0 bridgehead atoms. The van der Waals surface area contributed by atoms with Crippen molar-refractivity contribution in [3.05, 3.63) is 88.4 Å². The second-order valence-electron chi connectivity index (χ2n) is 6.05. The molecule has 0 amide bonds. The molecule has 0 nitrogen and oxygen atoms in total. The van der Waals surface area contributed by atoms with Gasteiger partial charge in [0, 0.05) is 0 Å². The molecule has 0 aromatic carbocycles. The van der Waals surface area contributed by atoms with Gasteiger partial charge in [0.05, 0.1) is 0 Å². The van der Waals surface area contributed by atoms with E-state index in [4.69, 9.17) is 0 Å². The summed E-state index contributed by atoms with van der Waals surface area (Å²) >= 11 is -2.53. The summed E-state index contributed by atoms with van der Waals surface area (Å²) in [6.45, 7) is 0. The van der Waals surface area contributed by atoms with E-state index in [-0.39, 0.29) is 0 Å². The first-order valence-electron chi connectivity index (χ1n) is 7.87. The fourth-order valence-electron chi connectivity index (χ4n) is 4.14. The Balaban J connectivity index is 1.90. The minimum absolute atomic E-state index is 1.16. The standard InChI is InChI=1S/4C5H5.Ti/c4*1-2-4-5-3-1;/h4*1-3H,4H2;. The first-order valence-corrected chi connectivity index (χ1v) is 11.0. The SMILES string of the molecule is C1=CC[C]([Ti]([C]2=CC=CC2)([C]2=CC=CC2)[C]2=CC=CC2)=C1. The van der Waals surface area contributed by atoms with E-state index < -0.39 is 16.6 Å². The van der Waals surface area contributed by atoms with Crippen LogP contribution in [0.3, 0.4) is 0 Å². The zero-order valence-corrected chi connectivity index (χ0v) is 13.8. The number of hydrogen-bond acceptors (Lipinski definition) is 0. The summed E-state index contributed by atoms with van der Waals surface area (Å²) in [4.78, 5) is 0. The van der Waals surface area contributed by atoms with Gasteiger partial charge in [-0.05, 0) is 0 Å². The van der Waals surface area contributed by atoms with Crippen molar-refractivity contribution in [1.82, 2.24) is 0 Å². The molecule has 0 aliphatic heterocycles. The third kappa shape index (κ3) is 2.01. The maximum absolute atomic E-state index is 2.53. The van der Waals surface area contributed by atoms with Crippen molar-refractivity contribution in [2.24, 2.45) is 0 Å². The van der Waals surface area contributed by atoms with E-state index in [0.29, 0.717) is 0 Å². The predicted molar refractivity (Wildman–Crippen MR) is 87.4 cm³/mol. The van der Waals surface area contributed by atoms with Crippen molar-refractivity contribution in [3.8, 4) is 0 Å². The normalized spacial score (nSPS) is 22.9. The van der Waals surface area contributed by atoms with E-state index in [1.54, 1.807) is 15.5 Å². The maximum atomic E-state index is 2.43. The molecule has 0 atom stereocenters. The number of rotatable bonds is 4. The van der Waals surface area contributed by atoms with Crippen LogP contribution in [-0.2, 0) is 16.6 Å². The van der Waals surface area contributed by atoms with Gasteiger partial charge in [0.1, 0.15) is 0 Å². The summed E-state index contributed by atoms with van der Waals surface area (Å²) < 4.78 is 6.93. The molecule has 0 saturated heterocycles. The van der Waals surface area contributed by atoms with Crippen LogP contribution < -0.4 is 0 Å². The molecule has 4 aliphatic carbocycles. The topological polar surface area (TPSA) is 0 Å². The van der Waals surface area contributed by atoms with E-state index in [2.05, 4.69) is 72.9 Å². The van der Waals surface area contributed by atoms with Gasteiger partial charge >= 0.3 is 131 Å². The molecule has 21 heavy (non-hydrogen) atoms. The average molecular weight is 308 g/mol. The molecule has 0 spiro atoms. The van der Waals surface area contributed by atoms with Crippen molar-refractivity contribution in [1.29, 1.82) is 0 Å². The molecule has 0 heterocycles. The third-order valence-corrected chi connectivity index (χ3v) is 13.3. The molecule has 0 fully saturated rings. The molecular weight excluding hydrogens is 288 g/mol. The monoisotopic (exact) mass is 308 g/mol. The van der Waals surface area contributed by atoms with Gasteiger partial charge in [0.2, 0.25) is 0 Å². The molecule has 0 radical (unpaired) electrons. The average Bonchev–Trinajstić information content (AvgIpc) is 3.32. The van der Waals surface area contributed by atoms with Crippen molar-refractivity contribution < 1.29 is 16.6 Å². The Hall–Kier alpha value is -1.37. The van der Waals surface area contributed by atoms with Gasteiger partial charge in [-0.15, -0.1) is 0 Å². The molecule has 0 saturated carbocycles. The molecule has 0 aromatic rings. The summed E-state index contributed by atoms with van der Waals surface area (Å²) in [5.41, 5.74) is 0. The van der Waals surface area contributed by atoms with Crippen LogP contribution in [0.25, 0.3) is 0 Å². The molecule has 4 rings (SSSR count). The summed E-state index contributed by atoms with van der Waals surface area (Å²) in [6.07, 6.45) is 32.8. The van der Waals surface area contributed by atoms with E-state index >= 15 is 0 Å². The Kier molecular flexibility index (Phi) is 3.45. The second kappa shape index (κ2) is 5.44. The third-order valence-electron chi connectivity index (χ3n) is 5.01. The second-order valence-corrected chi connectivity index (χ2v) is 12.4. The van der Waals surface area contributed by atoms with Crippen LogP contribution >= 0.6 is 0 Å². The van der Waals surface area contributed by atoms with E-state index in [1.165, 1.54) is 0 Å². The predicted octanol–water partition coefficient (Wildman–Crippen LogP) is 5.52. The van der Waals surface area contributed by atoms with Crippen molar-refractivity contribution in [3.63, 3.8) is 0 Å². The van der Waals surface area contributed by atoms with Crippen LogP contribution in [0.5, 0.6) is 0 Å². The summed E-state index contributed by atoms with van der Waals surface area (Å²) in [5.74, 6) is 0. The van der Waals surface area contributed by atoms with E-state index in [9.17, 15) is 0 Å². The van der Waals surface area contributed by atoms with Crippen LogP contribution in [0.2, 0.25) is 0 Å². The fraction of sp³-hybridized carbons (Fsp3) is 0.200. The Morgan fingerprint density at radius 3 is 0.952 bits per heavy atom. The van der Waals surface area contributed by atoms with Crippen LogP contribution in [0.1, 0.15) is 25.7 Å². The van der Waals surface area contributed by atoms with Gasteiger partial charge in [-0.2, -0.15) is 0 Å². The zero-order chi connectivity index (χ0) is 14.1. The van der Waals surface area contributed by atoms with Gasteiger partial charge in [0.25, 0.3) is 0 Å². The van der Waals surface area contributed by atoms with E-state index in [1.807, 2.05) is 0 Å². The molecule has 104 valence electrons. The van der Waals surface area contributed by atoms with Gasteiger partial charge in [-0.3, -0.25) is 0 Å². The minimum atomic E-state index is -2.53. The van der Waals surface area contributed by atoms with Gasteiger partial charge in [-0.25, -0.2) is 0 Å². The summed E-state index contributed by atoms with van der Waals surface area (Å²) in [7, 11) is 0. The molecular formula is C20H20Ti. The van der Waals surface area contributed by atoms with Crippen molar-refractivity contribution in [2.45, 2.75) is 25.7 Å². The number of hydrogen-bond donors (Lipinski definition) is 0. The first-order chi connectivity index (χ1) is 10.4. The van der Waals surface area contributed by atoms with Crippen LogP contribution in [0, 0.1) is 0 Å². The van der Waals surface area contributed by atoms with E-state index in [0.717, 1.165) is 25.7 Å². The van der Waals surface area contributed by atoms with Crippen LogP contribution in [-0.4, -0.2) is 0 Å². The molecule has 1 heteroatoms. The quantitative estimate of drug-likeness (QED) is 0.600. The molecule has 0 unspecified atom stereocenters. The van der Waals surface area contributed by atoms with Gasteiger partial charge < -0.3 is 0 Å². The van der Waals surface area contributed by atoms with Gasteiger partial charge in [0.15, 0.2) is 0 Å². The van der Waals surface area contributed by atoms with Crippen molar-refractivity contribution in [2.75, 3.05) is 0 Å². The van der Waals surface area contributed by atoms with Gasteiger partial charge in [-0.1, -0.05) is 0 Å². The van der Waals surface area contributed by atoms with Crippen molar-refractivity contribution >= 4 is 0 Å². The Labute approximate surface area is 130 Å². The Morgan fingerprint density at radius 1 is 0.476 bits per heavy atom. The zero-order valence-electron chi connectivity index (χ0n) is 12.3.